The summed E-state index contributed by atoms with van der Waals surface area (Å²) in [5, 5.41) is 10.1. The van der Waals surface area contributed by atoms with Crippen LogP contribution in [0.4, 0.5) is 10.1 Å². The zero-order valence-electron chi connectivity index (χ0n) is 14.2. The normalized spacial score (nSPS) is 12.0. The molecule has 0 aliphatic rings. The fourth-order valence-electron chi connectivity index (χ4n) is 2.89. The molecule has 1 atom stereocenters. The third-order valence-corrected chi connectivity index (χ3v) is 4.22. The van der Waals surface area contributed by atoms with Crippen LogP contribution in [-0.4, -0.2) is 16.1 Å². The van der Waals surface area contributed by atoms with E-state index in [1.54, 1.807) is 12.1 Å². The minimum Gasteiger partial charge on any atom is -0.322 e. The van der Waals surface area contributed by atoms with Crippen molar-refractivity contribution in [2.45, 2.75) is 26.2 Å². The van der Waals surface area contributed by atoms with E-state index in [0.717, 1.165) is 11.3 Å². The zero-order chi connectivity index (χ0) is 17.8. The number of halogens is 1. The highest BCUT2D eigenvalue weighted by Crippen LogP contribution is 2.30. The summed E-state index contributed by atoms with van der Waals surface area (Å²) >= 11 is 0. The Morgan fingerprint density at radius 3 is 2.64 bits per heavy atom. The molecule has 3 rings (SSSR count). The summed E-state index contributed by atoms with van der Waals surface area (Å²) in [7, 11) is 0. The fraction of sp³-hybridized carbons (Fsp3) is 0.200. The van der Waals surface area contributed by atoms with Crippen LogP contribution >= 0.6 is 0 Å². The lowest BCUT2D eigenvalue weighted by atomic mass is 9.95. The Hall–Kier alpha value is -2.95. The Balaban J connectivity index is 1.90. The van der Waals surface area contributed by atoms with Crippen molar-refractivity contribution in [1.82, 2.24) is 10.2 Å². The minimum absolute atomic E-state index is 0.101. The van der Waals surface area contributed by atoms with Gasteiger partial charge in [0.05, 0.1) is 17.3 Å². The number of nitrogens with zero attached hydrogens (tertiary/aromatic N) is 1. The molecule has 1 unspecified atom stereocenters. The van der Waals surface area contributed by atoms with E-state index in [-0.39, 0.29) is 17.6 Å². The molecule has 2 aromatic carbocycles. The standard InChI is InChI=1S/C20H20FN3O/c1-3-17(14-8-5-4-6-9-14)20(25)22-18-13(2)23-24-19(18)15-10-7-11-16(21)12-15/h4-12,17H,3H2,1-2H3,(H,22,25)(H,23,24). The van der Waals surface area contributed by atoms with E-state index < -0.39 is 0 Å². The van der Waals surface area contributed by atoms with Gasteiger partial charge in [-0.05, 0) is 31.0 Å². The number of amides is 1. The number of rotatable bonds is 5. The predicted octanol–water partition coefficient (Wildman–Crippen LogP) is 4.66. The van der Waals surface area contributed by atoms with Crippen LogP contribution in [-0.2, 0) is 4.79 Å². The highest BCUT2D eigenvalue weighted by atomic mass is 19.1. The van der Waals surface area contributed by atoms with Gasteiger partial charge in [-0.25, -0.2) is 4.39 Å². The average Bonchev–Trinajstić information content (AvgIpc) is 2.97. The second-order valence-electron chi connectivity index (χ2n) is 5.94. The van der Waals surface area contributed by atoms with Gasteiger partial charge in [-0.3, -0.25) is 9.89 Å². The van der Waals surface area contributed by atoms with Crippen molar-refractivity contribution in [3.8, 4) is 11.3 Å². The average molecular weight is 337 g/mol. The van der Waals surface area contributed by atoms with E-state index >= 15 is 0 Å². The molecule has 0 saturated heterocycles. The molecule has 5 heteroatoms. The Bertz CT molecular complexity index is 874. The van der Waals surface area contributed by atoms with Crippen molar-refractivity contribution >= 4 is 11.6 Å². The summed E-state index contributed by atoms with van der Waals surface area (Å²) in [5.74, 6) is -0.696. The number of aromatic nitrogens is 2. The monoisotopic (exact) mass is 337 g/mol. The van der Waals surface area contributed by atoms with Crippen LogP contribution in [0, 0.1) is 12.7 Å². The lowest BCUT2D eigenvalue weighted by molar-refractivity contribution is -0.117. The minimum atomic E-state index is -0.342. The number of carbonyl (C=O) groups is 1. The molecule has 1 heterocycles. The van der Waals surface area contributed by atoms with Crippen LogP contribution in [0.2, 0.25) is 0 Å². The molecule has 0 spiro atoms. The lowest BCUT2D eigenvalue weighted by Gasteiger charge is -2.16. The summed E-state index contributed by atoms with van der Waals surface area (Å²) in [4.78, 5) is 12.8. The number of nitrogens with one attached hydrogen (secondary N) is 2. The van der Waals surface area contributed by atoms with Crippen LogP contribution in [0.25, 0.3) is 11.3 Å². The van der Waals surface area contributed by atoms with Gasteiger partial charge in [0.2, 0.25) is 5.91 Å². The molecule has 25 heavy (non-hydrogen) atoms. The summed E-state index contributed by atoms with van der Waals surface area (Å²) in [6, 6.07) is 15.8. The number of carbonyl (C=O) groups excluding carboxylic acids is 1. The Kier molecular flexibility index (Phi) is 4.93. The molecule has 0 fully saturated rings. The van der Waals surface area contributed by atoms with Gasteiger partial charge in [0.1, 0.15) is 11.5 Å². The fourth-order valence-corrected chi connectivity index (χ4v) is 2.89. The maximum absolute atomic E-state index is 13.5. The van der Waals surface area contributed by atoms with Gasteiger partial charge in [-0.1, -0.05) is 49.4 Å². The van der Waals surface area contributed by atoms with Gasteiger partial charge in [-0.15, -0.1) is 0 Å². The first-order valence-corrected chi connectivity index (χ1v) is 8.27. The maximum Gasteiger partial charge on any atom is 0.232 e. The SMILES string of the molecule is CCC(C(=O)Nc1c(-c2cccc(F)c2)n[nH]c1C)c1ccccc1. The summed E-state index contributed by atoms with van der Waals surface area (Å²) < 4.78 is 13.5. The number of aromatic amines is 1. The van der Waals surface area contributed by atoms with Crippen LogP contribution in [0.3, 0.4) is 0 Å². The molecule has 128 valence electrons. The van der Waals surface area contributed by atoms with E-state index in [0.29, 0.717) is 23.4 Å². The van der Waals surface area contributed by atoms with Crippen molar-refractivity contribution in [2.24, 2.45) is 0 Å². The van der Waals surface area contributed by atoms with Crippen LogP contribution in [0.15, 0.2) is 54.6 Å². The number of benzene rings is 2. The summed E-state index contributed by atoms with van der Waals surface area (Å²) in [6.45, 7) is 3.81. The van der Waals surface area contributed by atoms with E-state index in [1.165, 1.54) is 12.1 Å². The van der Waals surface area contributed by atoms with Gasteiger partial charge >= 0.3 is 0 Å². The van der Waals surface area contributed by atoms with Crippen LogP contribution in [0.1, 0.15) is 30.5 Å². The van der Waals surface area contributed by atoms with Crippen molar-refractivity contribution < 1.29 is 9.18 Å². The third-order valence-electron chi connectivity index (χ3n) is 4.22. The summed E-state index contributed by atoms with van der Waals surface area (Å²) in [6.07, 6.45) is 0.683. The third kappa shape index (κ3) is 3.60. The molecule has 1 amide bonds. The first kappa shape index (κ1) is 16.9. The molecule has 1 aromatic heterocycles. The smallest absolute Gasteiger partial charge is 0.232 e. The predicted molar refractivity (Wildman–Crippen MR) is 96.8 cm³/mol. The first-order chi connectivity index (χ1) is 12.1. The van der Waals surface area contributed by atoms with Gasteiger partial charge < -0.3 is 5.32 Å². The molecule has 0 aliphatic heterocycles. The van der Waals surface area contributed by atoms with Gasteiger partial charge in [0.15, 0.2) is 0 Å². The zero-order valence-corrected chi connectivity index (χ0v) is 14.2. The van der Waals surface area contributed by atoms with E-state index in [1.807, 2.05) is 44.2 Å². The Morgan fingerprint density at radius 1 is 1.20 bits per heavy atom. The Labute approximate surface area is 146 Å². The molecule has 0 aliphatic carbocycles. The Morgan fingerprint density at radius 2 is 1.96 bits per heavy atom. The van der Waals surface area contributed by atoms with Gasteiger partial charge in [0.25, 0.3) is 0 Å². The van der Waals surface area contributed by atoms with Crippen molar-refractivity contribution in [2.75, 3.05) is 5.32 Å². The highest BCUT2D eigenvalue weighted by Gasteiger charge is 2.22. The number of hydrogen-bond acceptors (Lipinski definition) is 2. The molecule has 0 saturated carbocycles. The van der Waals surface area contributed by atoms with Crippen LogP contribution in [0.5, 0.6) is 0 Å². The van der Waals surface area contributed by atoms with Crippen LogP contribution < -0.4 is 5.32 Å². The lowest BCUT2D eigenvalue weighted by Crippen LogP contribution is -2.21. The molecule has 0 bridgehead atoms. The molecule has 0 radical (unpaired) electrons. The topological polar surface area (TPSA) is 57.8 Å². The quantitative estimate of drug-likeness (QED) is 0.711. The first-order valence-electron chi connectivity index (χ1n) is 8.27. The molecule has 3 aromatic rings. The maximum atomic E-state index is 13.5. The van der Waals surface area contributed by atoms with E-state index in [4.69, 9.17) is 0 Å². The molecule has 2 N–H and O–H groups in total. The van der Waals surface area contributed by atoms with E-state index in [2.05, 4.69) is 15.5 Å². The largest absolute Gasteiger partial charge is 0.322 e. The number of hydrogen-bond donors (Lipinski definition) is 2. The number of H-pyrrole nitrogens is 1. The highest BCUT2D eigenvalue weighted by molar-refractivity contribution is 5.99. The number of aryl methyl sites for hydroxylation is 1. The van der Waals surface area contributed by atoms with Crippen molar-refractivity contribution in [3.63, 3.8) is 0 Å². The van der Waals surface area contributed by atoms with Crippen molar-refractivity contribution in [3.05, 3.63) is 71.7 Å². The van der Waals surface area contributed by atoms with Gasteiger partial charge in [-0.2, -0.15) is 5.10 Å². The van der Waals surface area contributed by atoms with Gasteiger partial charge in [0, 0.05) is 5.56 Å². The second-order valence-corrected chi connectivity index (χ2v) is 5.94. The molecular weight excluding hydrogens is 317 g/mol. The van der Waals surface area contributed by atoms with Crippen molar-refractivity contribution in [1.29, 1.82) is 0 Å². The summed E-state index contributed by atoms with van der Waals surface area (Å²) in [5.41, 5.74) is 3.44. The second kappa shape index (κ2) is 7.30. The van der Waals surface area contributed by atoms with E-state index in [9.17, 15) is 9.18 Å². The molecular formula is C20H20FN3O. The molecule has 4 nitrogen and oxygen atoms in total. The number of anilines is 1.